The number of hydrogen-bond donors (Lipinski definition) is 0. The number of hydrogen-bond acceptors (Lipinski definition) is 2. The minimum atomic E-state index is 0.724. The van der Waals surface area contributed by atoms with Crippen LogP contribution in [0.4, 0.5) is 0 Å². The van der Waals surface area contributed by atoms with Gasteiger partial charge in [0, 0.05) is 38.0 Å². The summed E-state index contributed by atoms with van der Waals surface area (Å²) in [5.74, 6) is 0. The van der Waals surface area contributed by atoms with E-state index < -0.39 is 0 Å². The summed E-state index contributed by atoms with van der Waals surface area (Å²) in [6.07, 6.45) is 3.57. The average Bonchev–Trinajstić information content (AvgIpc) is 2.72. The zero-order chi connectivity index (χ0) is 11.7. The molecule has 0 aromatic carbocycles. The molecule has 0 atom stereocenters. The Bertz CT molecular complexity index is 498. The van der Waals surface area contributed by atoms with E-state index in [1.165, 1.54) is 11.3 Å². The molecule has 4 nitrogen and oxygen atoms in total. The lowest BCUT2D eigenvalue weighted by molar-refractivity contribution is 0.712. The maximum atomic E-state index is 4.37. The lowest BCUT2D eigenvalue weighted by atomic mass is 10.2. The van der Waals surface area contributed by atoms with Gasteiger partial charge in [-0.25, -0.2) is 0 Å². The second-order valence-corrected chi connectivity index (χ2v) is 4.55. The van der Waals surface area contributed by atoms with E-state index in [4.69, 9.17) is 0 Å². The predicted molar refractivity (Wildman–Crippen MR) is 66.0 cm³/mol. The molecule has 0 N–H and O–H groups in total. The molecule has 2 rings (SSSR count). The molecule has 2 aromatic heterocycles. The Morgan fingerprint density at radius 3 is 2.62 bits per heavy atom. The van der Waals surface area contributed by atoms with Gasteiger partial charge < -0.3 is 0 Å². The van der Waals surface area contributed by atoms with Crippen LogP contribution in [0, 0.1) is 6.92 Å². The molecule has 2 heterocycles. The van der Waals surface area contributed by atoms with Crippen LogP contribution < -0.4 is 0 Å². The highest BCUT2D eigenvalue weighted by Gasteiger charge is 2.10. The summed E-state index contributed by atoms with van der Waals surface area (Å²) in [6.45, 7) is 3.84. The lowest BCUT2D eigenvalue weighted by Crippen LogP contribution is -1.99. The predicted octanol–water partition coefficient (Wildman–Crippen LogP) is 1.88. The van der Waals surface area contributed by atoms with Crippen molar-refractivity contribution in [2.45, 2.75) is 12.8 Å². The highest BCUT2D eigenvalue weighted by molar-refractivity contribution is 9.10. The van der Waals surface area contributed by atoms with Crippen molar-refractivity contribution >= 4 is 15.9 Å². The molecule has 84 valence electrons. The van der Waals surface area contributed by atoms with Gasteiger partial charge in [-0.15, -0.1) is 0 Å². The van der Waals surface area contributed by atoms with Crippen molar-refractivity contribution in [3.05, 3.63) is 40.7 Å². The second kappa shape index (κ2) is 4.33. The van der Waals surface area contributed by atoms with E-state index in [1.54, 1.807) is 4.68 Å². The first kappa shape index (κ1) is 11.3. The summed E-state index contributed by atoms with van der Waals surface area (Å²) < 4.78 is 4.60. The standard InChI is InChI=1S/C11H14BrN4/c1-4-9-6-10(16(3)13-9)5-8-7-15(2)14-11(8)12/h6-7H,1,4-5H2,2-3H3/q+1. The Hall–Kier alpha value is -1.23. The Kier molecular flexibility index (Phi) is 3.05. The third-order valence-corrected chi connectivity index (χ3v) is 3.18. The number of aromatic nitrogens is 4. The normalized spacial score (nSPS) is 10.9. The first-order valence-corrected chi connectivity index (χ1v) is 5.88. The van der Waals surface area contributed by atoms with Crippen LogP contribution in [0.15, 0.2) is 16.9 Å². The molecular formula is C11H14BrN4+. The molecule has 0 unspecified atom stereocenters. The van der Waals surface area contributed by atoms with Gasteiger partial charge in [-0.3, -0.25) is 9.36 Å². The van der Waals surface area contributed by atoms with E-state index in [0.717, 1.165) is 23.1 Å². The van der Waals surface area contributed by atoms with Crippen LogP contribution in [0.5, 0.6) is 0 Å². The first-order chi connectivity index (χ1) is 7.60. The Labute approximate surface area is 103 Å². The van der Waals surface area contributed by atoms with Crippen LogP contribution >= 0.6 is 15.9 Å². The molecule has 0 aliphatic rings. The van der Waals surface area contributed by atoms with Crippen LogP contribution in [0.1, 0.15) is 17.0 Å². The largest absolute Gasteiger partial charge is 0.274 e. The Morgan fingerprint density at radius 2 is 2.12 bits per heavy atom. The van der Waals surface area contributed by atoms with Gasteiger partial charge >= 0.3 is 0 Å². The van der Waals surface area contributed by atoms with Crippen molar-refractivity contribution in [2.24, 2.45) is 14.1 Å². The SMILES string of the molecule is [CH2+]Cc1cc(Cc2cn(C)nc2Br)n(C)n1. The fraction of sp³-hybridized carbons (Fsp3) is 0.364. The van der Waals surface area contributed by atoms with Gasteiger partial charge in [0.2, 0.25) is 0 Å². The number of halogens is 1. The van der Waals surface area contributed by atoms with Gasteiger partial charge in [0.05, 0.1) is 6.92 Å². The smallest absolute Gasteiger partial charge is 0.131 e. The minimum absolute atomic E-state index is 0.724. The molecule has 0 saturated heterocycles. The van der Waals surface area contributed by atoms with Crippen molar-refractivity contribution in [3.63, 3.8) is 0 Å². The van der Waals surface area contributed by atoms with Gasteiger partial charge in [-0.1, -0.05) is 0 Å². The zero-order valence-corrected chi connectivity index (χ0v) is 11.0. The Balaban J connectivity index is 2.26. The van der Waals surface area contributed by atoms with Crippen molar-refractivity contribution in [1.82, 2.24) is 19.6 Å². The highest BCUT2D eigenvalue weighted by atomic mass is 79.9. The maximum Gasteiger partial charge on any atom is 0.131 e. The molecule has 0 bridgehead atoms. The van der Waals surface area contributed by atoms with E-state index in [1.807, 2.05) is 25.0 Å². The summed E-state index contributed by atoms with van der Waals surface area (Å²) in [5, 5.41) is 8.63. The van der Waals surface area contributed by atoms with Crippen LogP contribution in [0.2, 0.25) is 0 Å². The first-order valence-electron chi connectivity index (χ1n) is 5.09. The van der Waals surface area contributed by atoms with Crippen LogP contribution in [0.3, 0.4) is 0 Å². The maximum absolute atomic E-state index is 4.37. The molecule has 0 aliphatic heterocycles. The van der Waals surface area contributed by atoms with Crippen LogP contribution in [0.25, 0.3) is 0 Å². The molecule has 0 aliphatic carbocycles. The van der Waals surface area contributed by atoms with E-state index in [-0.39, 0.29) is 0 Å². The van der Waals surface area contributed by atoms with Gasteiger partial charge in [0.15, 0.2) is 0 Å². The van der Waals surface area contributed by atoms with Gasteiger partial charge in [-0.05, 0) is 22.0 Å². The molecule has 0 radical (unpaired) electrons. The fourth-order valence-corrected chi connectivity index (χ4v) is 2.18. The summed E-state index contributed by atoms with van der Waals surface area (Å²) in [7, 11) is 3.87. The van der Waals surface area contributed by atoms with Crippen LogP contribution in [-0.4, -0.2) is 19.6 Å². The molecule has 0 spiro atoms. The quantitative estimate of drug-likeness (QED) is 0.806. The van der Waals surface area contributed by atoms with E-state index >= 15 is 0 Å². The van der Waals surface area contributed by atoms with Gasteiger partial charge in [0.1, 0.15) is 16.7 Å². The summed E-state index contributed by atoms with van der Waals surface area (Å²) in [6, 6.07) is 2.09. The third-order valence-electron chi connectivity index (χ3n) is 2.51. The summed E-state index contributed by atoms with van der Waals surface area (Å²) >= 11 is 3.45. The van der Waals surface area contributed by atoms with E-state index in [2.05, 4.69) is 39.1 Å². The molecule has 0 amide bonds. The monoisotopic (exact) mass is 281 g/mol. The highest BCUT2D eigenvalue weighted by Crippen LogP contribution is 2.18. The lowest BCUT2D eigenvalue weighted by Gasteiger charge is -1.98. The summed E-state index contributed by atoms with van der Waals surface area (Å²) in [4.78, 5) is 0. The summed E-state index contributed by atoms with van der Waals surface area (Å²) in [5.41, 5.74) is 3.37. The number of nitrogens with zero attached hydrogens (tertiary/aromatic N) is 4. The third kappa shape index (κ3) is 2.14. The van der Waals surface area contributed by atoms with Gasteiger partial charge in [0.25, 0.3) is 0 Å². The van der Waals surface area contributed by atoms with Crippen molar-refractivity contribution in [3.8, 4) is 0 Å². The molecule has 0 fully saturated rings. The van der Waals surface area contributed by atoms with Crippen molar-refractivity contribution in [1.29, 1.82) is 0 Å². The second-order valence-electron chi connectivity index (χ2n) is 3.80. The molecule has 2 aromatic rings. The van der Waals surface area contributed by atoms with E-state index in [9.17, 15) is 0 Å². The minimum Gasteiger partial charge on any atom is -0.274 e. The van der Waals surface area contributed by atoms with Gasteiger partial charge in [-0.2, -0.15) is 10.2 Å². The van der Waals surface area contributed by atoms with Crippen molar-refractivity contribution in [2.75, 3.05) is 0 Å². The van der Waals surface area contributed by atoms with E-state index in [0.29, 0.717) is 0 Å². The zero-order valence-electron chi connectivity index (χ0n) is 9.44. The molecule has 5 heteroatoms. The molecule has 0 saturated carbocycles. The Morgan fingerprint density at radius 1 is 1.38 bits per heavy atom. The van der Waals surface area contributed by atoms with Crippen LogP contribution in [-0.2, 0) is 26.9 Å². The molecule has 16 heavy (non-hydrogen) atoms. The average molecular weight is 282 g/mol. The fourth-order valence-electron chi connectivity index (χ4n) is 1.68. The topological polar surface area (TPSA) is 35.6 Å². The number of rotatable bonds is 3. The van der Waals surface area contributed by atoms with Crippen molar-refractivity contribution < 1.29 is 0 Å². The number of aryl methyl sites for hydroxylation is 2. The molecular weight excluding hydrogens is 268 g/mol.